The molecule has 27 heavy (non-hydrogen) atoms. The summed E-state index contributed by atoms with van der Waals surface area (Å²) >= 11 is 0. The Hall–Kier alpha value is -1.54. The lowest BCUT2D eigenvalue weighted by Gasteiger charge is -2.26. The third-order valence-electron chi connectivity index (χ3n) is 4.32. The zero-order chi connectivity index (χ0) is 19.9. The average molecular weight is 398 g/mol. The number of nitrogens with two attached hydrogens (primary N) is 1. The lowest BCUT2D eigenvalue weighted by Crippen LogP contribution is -2.26. The first-order chi connectivity index (χ1) is 12.8. The van der Waals surface area contributed by atoms with E-state index in [1.807, 2.05) is 0 Å². The Morgan fingerprint density at radius 2 is 2.07 bits per heavy atom. The highest BCUT2D eigenvalue weighted by molar-refractivity contribution is 7.56. The molecule has 9 nitrogen and oxygen atoms in total. The van der Waals surface area contributed by atoms with E-state index in [4.69, 9.17) is 10.5 Å². The highest BCUT2D eigenvalue weighted by Gasteiger charge is 2.16. The number of unbranched alkanes of at least 4 members (excludes halogenated alkanes) is 2. The van der Waals surface area contributed by atoms with Crippen LogP contribution in [-0.2, 0) is 15.8 Å². The third kappa shape index (κ3) is 6.84. The van der Waals surface area contributed by atoms with Crippen molar-refractivity contribution in [2.24, 2.45) is 5.92 Å². The molecule has 2 rings (SSSR count). The summed E-state index contributed by atoms with van der Waals surface area (Å²) in [5.41, 5.74) is 6.72. The lowest BCUT2D eigenvalue weighted by molar-refractivity contribution is -0.181. The smallest absolute Gasteiger partial charge is 0.165 e. The van der Waals surface area contributed by atoms with Crippen molar-refractivity contribution in [2.45, 2.75) is 52.2 Å². The Balaban J connectivity index is 1.83. The molecule has 2 aromatic rings. The zero-order valence-electron chi connectivity index (χ0n) is 16.0. The van der Waals surface area contributed by atoms with Gasteiger partial charge in [0.25, 0.3) is 0 Å². The van der Waals surface area contributed by atoms with E-state index in [1.54, 1.807) is 4.57 Å². The minimum atomic E-state index is -3.62. The quantitative estimate of drug-likeness (QED) is 0.406. The van der Waals surface area contributed by atoms with Gasteiger partial charge < -0.3 is 29.6 Å². The second-order valence-corrected chi connectivity index (χ2v) is 9.54. The van der Waals surface area contributed by atoms with Gasteiger partial charge in [0.05, 0.1) is 31.9 Å². The SMILES string of the molecule is CC(C)CCCCCP(=O)([O-])CO[C@H](CO)Cn1cnc2c(N)ncnc21. The number of imidazole rings is 1. The van der Waals surface area contributed by atoms with Gasteiger partial charge >= 0.3 is 0 Å². The van der Waals surface area contributed by atoms with Crippen molar-refractivity contribution in [3.63, 3.8) is 0 Å². The third-order valence-corrected chi connectivity index (χ3v) is 5.86. The van der Waals surface area contributed by atoms with Gasteiger partial charge in [0.1, 0.15) is 11.8 Å². The molecular formula is C17H29N5O4P-. The largest absolute Gasteiger partial charge is 0.798 e. The van der Waals surface area contributed by atoms with Gasteiger partial charge in [-0.2, -0.15) is 0 Å². The summed E-state index contributed by atoms with van der Waals surface area (Å²) in [7, 11) is -3.62. The summed E-state index contributed by atoms with van der Waals surface area (Å²) in [4.78, 5) is 24.3. The second-order valence-electron chi connectivity index (χ2n) is 7.21. The number of hydrogen-bond donors (Lipinski definition) is 2. The maximum Gasteiger partial charge on any atom is 0.165 e. The Labute approximate surface area is 159 Å². The normalized spacial score (nSPS) is 15.3. The maximum atomic E-state index is 12.2. The number of hydrogen-bond acceptors (Lipinski definition) is 8. The molecule has 3 N–H and O–H groups in total. The Morgan fingerprint density at radius 3 is 2.78 bits per heavy atom. The van der Waals surface area contributed by atoms with Crippen molar-refractivity contribution in [1.29, 1.82) is 0 Å². The Kier molecular flexibility index (Phi) is 8.16. The van der Waals surface area contributed by atoms with Gasteiger partial charge in [0.2, 0.25) is 0 Å². The van der Waals surface area contributed by atoms with Crippen molar-refractivity contribution < 1.29 is 19.3 Å². The molecule has 0 amide bonds. The van der Waals surface area contributed by atoms with Gasteiger partial charge in [-0.15, -0.1) is 0 Å². The van der Waals surface area contributed by atoms with Gasteiger partial charge in [-0.3, -0.25) is 0 Å². The number of aromatic nitrogens is 4. The molecule has 0 bridgehead atoms. The average Bonchev–Trinajstić information content (AvgIpc) is 3.02. The van der Waals surface area contributed by atoms with Crippen LogP contribution in [-0.4, -0.2) is 49.8 Å². The van der Waals surface area contributed by atoms with E-state index in [-0.39, 0.29) is 31.5 Å². The molecule has 152 valence electrons. The molecule has 0 aliphatic rings. The van der Waals surface area contributed by atoms with Crippen LogP contribution >= 0.6 is 7.37 Å². The molecule has 0 aliphatic heterocycles. The molecular weight excluding hydrogens is 369 g/mol. The van der Waals surface area contributed by atoms with E-state index >= 15 is 0 Å². The summed E-state index contributed by atoms with van der Waals surface area (Å²) in [5, 5.41) is 9.54. The number of fused-ring (bicyclic) bond motifs is 1. The van der Waals surface area contributed by atoms with Crippen molar-refractivity contribution in [3.05, 3.63) is 12.7 Å². The number of aliphatic hydroxyl groups is 1. The molecule has 0 radical (unpaired) electrons. The minimum Gasteiger partial charge on any atom is -0.798 e. The fourth-order valence-corrected chi connectivity index (χ4v) is 4.05. The summed E-state index contributed by atoms with van der Waals surface area (Å²) in [6, 6.07) is 0. The molecule has 0 fully saturated rings. The first-order valence-electron chi connectivity index (χ1n) is 9.25. The van der Waals surface area contributed by atoms with Crippen LogP contribution in [0.1, 0.15) is 39.5 Å². The van der Waals surface area contributed by atoms with E-state index < -0.39 is 13.5 Å². The topological polar surface area (TPSA) is 139 Å². The van der Waals surface area contributed by atoms with Crippen LogP contribution < -0.4 is 10.6 Å². The summed E-state index contributed by atoms with van der Waals surface area (Å²) in [5.74, 6) is 0.902. The summed E-state index contributed by atoms with van der Waals surface area (Å²) in [6.45, 7) is 4.23. The molecule has 2 atom stereocenters. The first-order valence-corrected chi connectivity index (χ1v) is 11.2. The van der Waals surface area contributed by atoms with E-state index in [2.05, 4.69) is 28.8 Å². The molecule has 0 saturated heterocycles. The van der Waals surface area contributed by atoms with E-state index in [0.717, 1.165) is 19.3 Å². The van der Waals surface area contributed by atoms with Crippen LogP contribution in [0.4, 0.5) is 5.82 Å². The lowest BCUT2D eigenvalue weighted by atomic mass is 10.1. The number of nitrogen functional groups attached to an aromatic ring is 1. The molecule has 0 spiro atoms. The second kappa shape index (κ2) is 10.1. The number of rotatable bonds is 12. The van der Waals surface area contributed by atoms with Crippen LogP contribution in [0.15, 0.2) is 12.7 Å². The molecule has 0 aliphatic carbocycles. The van der Waals surface area contributed by atoms with Crippen molar-refractivity contribution in [1.82, 2.24) is 19.5 Å². The highest BCUT2D eigenvalue weighted by atomic mass is 31.2. The minimum absolute atomic E-state index is 0.126. The fourth-order valence-electron chi connectivity index (χ4n) is 2.78. The predicted octanol–water partition coefficient (Wildman–Crippen LogP) is 1.60. The van der Waals surface area contributed by atoms with Gasteiger partial charge in [-0.05, 0) is 18.5 Å². The zero-order valence-corrected chi connectivity index (χ0v) is 16.8. The van der Waals surface area contributed by atoms with Crippen LogP contribution in [0.25, 0.3) is 11.2 Å². The number of aliphatic hydroxyl groups excluding tert-OH is 1. The van der Waals surface area contributed by atoms with Crippen LogP contribution in [0.5, 0.6) is 0 Å². The van der Waals surface area contributed by atoms with Gasteiger partial charge in [-0.25, -0.2) is 15.0 Å². The molecule has 0 saturated carbocycles. The number of ether oxygens (including phenoxy) is 1. The molecule has 10 heteroatoms. The van der Waals surface area contributed by atoms with Crippen molar-refractivity contribution in [3.8, 4) is 0 Å². The fraction of sp³-hybridized carbons (Fsp3) is 0.706. The molecule has 2 aromatic heterocycles. The van der Waals surface area contributed by atoms with Crippen molar-refractivity contribution in [2.75, 3.05) is 24.9 Å². The van der Waals surface area contributed by atoms with E-state index in [0.29, 0.717) is 23.5 Å². The van der Waals surface area contributed by atoms with Crippen LogP contribution in [0, 0.1) is 5.92 Å². The van der Waals surface area contributed by atoms with E-state index in [9.17, 15) is 14.6 Å². The predicted molar refractivity (Wildman–Crippen MR) is 102 cm³/mol. The van der Waals surface area contributed by atoms with E-state index in [1.165, 1.54) is 12.7 Å². The van der Waals surface area contributed by atoms with Gasteiger partial charge in [0, 0.05) is 7.37 Å². The maximum absolute atomic E-state index is 12.2. The Bertz CT molecular complexity index is 767. The number of nitrogens with zero attached hydrogens (tertiary/aromatic N) is 4. The Morgan fingerprint density at radius 1 is 1.30 bits per heavy atom. The number of anilines is 1. The molecule has 2 heterocycles. The van der Waals surface area contributed by atoms with Crippen LogP contribution in [0.2, 0.25) is 0 Å². The molecule has 0 aromatic carbocycles. The highest BCUT2D eigenvalue weighted by Crippen LogP contribution is 2.37. The van der Waals surface area contributed by atoms with Crippen molar-refractivity contribution >= 4 is 24.4 Å². The standard InChI is InChI=1S/C17H30N5O4P/c1-13(2)6-4-3-5-7-27(24,25)12-26-14(9-23)8-22-11-21-15-16(18)19-10-20-17(15)22/h10-11,13-14,23H,3-9,12H2,1-2H3,(H,24,25)(H2,18,19,20)/p-1/t14-/m0/s1. The van der Waals surface area contributed by atoms with Crippen LogP contribution in [0.3, 0.4) is 0 Å². The monoisotopic (exact) mass is 398 g/mol. The molecule has 1 unspecified atom stereocenters. The summed E-state index contributed by atoms with van der Waals surface area (Å²) < 4.78 is 19.3. The van der Waals surface area contributed by atoms with Gasteiger partial charge in [0.15, 0.2) is 11.5 Å². The summed E-state index contributed by atoms with van der Waals surface area (Å²) in [6.07, 6.45) is 5.60. The first kappa shape index (κ1) is 21.8. The van der Waals surface area contributed by atoms with Gasteiger partial charge in [-0.1, -0.05) is 33.1 Å².